The number of para-hydroxylation sites is 1. The lowest BCUT2D eigenvalue weighted by molar-refractivity contribution is -0.143. The van der Waals surface area contributed by atoms with E-state index < -0.39 is 6.04 Å². The number of halogens is 1. The molecular weight excluding hydrogens is 400 g/mol. The number of amides is 2. The molecule has 2 aromatic rings. The molecule has 1 atom stereocenters. The molecule has 0 aliphatic heterocycles. The minimum atomic E-state index is -0.564. The summed E-state index contributed by atoms with van der Waals surface area (Å²) in [5, 5.41) is 3.40. The summed E-state index contributed by atoms with van der Waals surface area (Å²) in [7, 11) is 0. The Balaban J connectivity index is 2.17. The van der Waals surface area contributed by atoms with Crippen LogP contribution in [0.5, 0.6) is 5.75 Å². The van der Waals surface area contributed by atoms with Gasteiger partial charge in [-0.05, 0) is 37.5 Å². The third kappa shape index (κ3) is 7.06. The van der Waals surface area contributed by atoms with Gasteiger partial charge in [-0.15, -0.1) is 0 Å². The minimum absolute atomic E-state index is 0.135. The molecule has 0 bridgehead atoms. The molecule has 0 radical (unpaired) electrons. The first-order chi connectivity index (χ1) is 14.5. The summed E-state index contributed by atoms with van der Waals surface area (Å²) >= 11 is 6.13. The molecule has 0 aliphatic rings. The van der Waals surface area contributed by atoms with Crippen molar-refractivity contribution in [3.8, 4) is 5.75 Å². The van der Waals surface area contributed by atoms with E-state index >= 15 is 0 Å². The number of hydrogen-bond acceptors (Lipinski definition) is 3. The summed E-state index contributed by atoms with van der Waals surface area (Å²) in [6.07, 6.45) is 2.42. The molecule has 0 aliphatic carbocycles. The number of rotatable bonds is 11. The van der Waals surface area contributed by atoms with Crippen LogP contribution in [0.3, 0.4) is 0 Å². The van der Waals surface area contributed by atoms with Gasteiger partial charge in [0.25, 0.3) is 5.91 Å². The van der Waals surface area contributed by atoms with Crippen molar-refractivity contribution in [2.45, 2.75) is 52.6 Å². The zero-order valence-corrected chi connectivity index (χ0v) is 18.7. The summed E-state index contributed by atoms with van der Waals surface area (Å²) in [6, 6.07) is 14.4. The Hall–Kier alpha value is -2.53. The van der Waals surface area contributed by atoms with Crippen LogP contribution in [-0.2, 0) is 16.1 Å². The molecule has 2 amide bonds. The van der Waals surface area contributed by atoms with Crippen LogP contribution in [-0.4, -0.2) is 35.9 Å². The molecule has 0 heterocycles. The van der Waals surface area contributed by atoms with Crippen molar-refractivity contribution in [2.75, 3.05) is 13.2 Å². The summed E-state index contributed by atoms with van der Waals surface area (Å²) in [6.45, 7) is 6.75. The zero-order chi connectivity index (χ0) is 21.9. The van der Waals surface area contributed by atoms with E-state index in [2.05, 4.69) is 12.2 Å². The number of nitrogens with zero attached hydrogens (tertiary/aromatic N) is 1. The predicted molar refractivity (Wildman–Crippen MR) is 121 cm³/mol. The second kappa shape index (κ2) is 12.2. The van der Waals surface area contributed by atoms with Gasteiger partial charge in [0.15, 0.2) is 6.61 Å². The summed E-state index contributed by atoms with van der Waals surface area (Å²) in [4.78, 5) is 27.5. The van der Waals surface area contributed by atoms with Crippen LogP contribution < -0.4 is 10.1 Å². The van der Waals surface area contributed by atoms with Crippen LogP contribution in [0.15, 0.2) is 48.5 Å². The van der Waals surface area contributed by atoms with Crippen LogP contribution in [0, 0.1) is 6.92 Å². The Bertz CT molecular complexity index is 823. The van der Waals surface area contributed by atoms with E-state index in [9.17, 15) is 9.59 Å². The Kier molecular flexibility index (Phi) is 9.68. The monoisotopic (exact) mass is 430 g/mol. The van der Waals surface area contributed by atoms with E-state index in [-0.39, 0.29) is 18.4 Å². The topological polar surface area (TPSA) is 58.6 Å². The number of carbonyl (C=O) groups excluding carboxylic acids is 2. The third-order valence-corrected chi connectivity index (χ3v) is 5.19. The van der Waals surface area contributed by atoms with Crippen LogP contribution in [0.2, 0.25) is 5.02 Å². The highest BCUT2D eigenvalue weighted by Crippen LogP contribution is 2.23. The SMILES string of the molecule is CCCCNC(=O)[C@H](CC)N(Cc1ccc(C)cc1)C(=O)COc1ccccc1Cl. The van der Waals surface area contributed by atoms with Gasteiger partial charge >= 0.3 is 0 Å². The molecule has 2 rings (SSSR count). The normalized spacial score (nSPS) is 11.6. The van der Waals surface area contributed by atoms with Crippen molar-refractivity contribution < 1.29 is 14.3 Å². The highest BCUT2D eigenvalue weighted by atomic mass is 35.5. The van der Waals surface area contributed by atoms with E-state index in [0.717, 1.165) is 24.0 Å². The molecule has 0 fully saturated rings. The molecule has 0 aromatic heterocycles. The van der Waals surface area contributed by atoms with Crippen LogP contribution >= 0.6 is 11.6 Å². The number of ether oxygens (including phenoxy) is 1. The zero-order valence-electron chi connectivity index (χ0n) is 18.0. The van der Waals surface area contributed by atoms with Gasteiger partial charge in [-0.25, -0.2) is 0 Å². The van der Waals surface area contributed by atoms with Crippen LogP contribution in [0.25, 0.3) is 0 Å². The molecule has 0 saturated heterocycles. The Morgan fingerprint density at radius 3 is 2.43 bits per heavy atom. The van der Waals surface area contributed by atoms with E-state index in [1.54, 1.807) is 29.2 Å². The molecule has 0 spiro atoms. The fraction of sp³-hybridized carbons (Fsp3) is 0.417. The number of benzene rings is 2. The fourth-order valence-corrected chi connectivity index (χ4v) is 3.29. The molecular formula is C24H31ClN2O3. The molecule has 0 saturated carbocycles. The van der Waals surface area contributed by atoms with E-state index in [1.165, 1.54) is 0 Å². The first-order valence-electron chi connectivity index (χ1n) is 10.5. The van der Waals surface area contributed by atoms with Crippen LogP contribution in [0.4, 0.5) is 0 Å². The van der Waals surface area contributed by atoms with Gasteiger partial charge in [-0.3, -0.25) is 9.59 Å². The first-order valence-corrected chi connectivity index (χ1v) is 10.8. The Morgan fingerprint density at radius 1 is 1.10 bits per heavy atom. The largest absolute Gasteiger partial charge is 0.482 e. The standard InChI is InChI=1S/C24H31ClN2O3/c1-4-6-15-26-24(29)21(5-2)27(16-19-13-11-18(3)12-14-19)23(28)17-30-22-10-8-7-9-20(22)25/h7-14,21H,4-6,15-17H2,1-3H3,(H,26,29)/t21-/m0/s1. The van der Waals surface area contributed by atoms with Crippen molar-refractivity contribution in [3.05, 3.63) is 64.7 Å². The summed E-state index contributed by atoms with van der Waals surface area (Å²) < 4.78 is 5.65. The lowest BCUT2D eigenvalue weighted by Crippen LogP contribution is -2.50. The van der Waals surface area contributed by atoms with Crippen molar-refractivity contribution in [1.82, 2.24) is 10.2 Å². The van der Waals surface area contributed by atoms with E-state index in [1.807, 2.05) is 38.1 Å². The van der Waals surface area contributed by atoms with Gasteiger partial charge in [0.05, 0.1) is 5.02 Å². The van der Waals surface area contributed by atoms with Crippen molar-refractivity contribution in [1.29, 1.82) is 0 Å². The molecule has 0 unspecified atom stereocenters. The second-order valence-electron chi connectivity index (χ2n) is 7.29. The molecule has 6 heteroatoms. The molecule has 162 valence electrons. The highest BCUT2D eigenvalue weighted by Gasteiger charge is 2.28. The maximum absolute atomic E-state index is 13.1. The quantitative estimate of drug-likeness (QED) is 0.523. The minimum Gasteiger partial charge on any atom is -0.482 e. The Morgan fingerprint density at radius 2 is 1.80 bits per heavy atom. The van der Waals surface area contributed by atoms with Gasteiger partial charge in [0, 0.05) is 13.1 Å². The fourth-order valence-electron chi connectivity index (χ4n) is 3.10. The number of carbonyl (C=O) groups is 2. The van der Waals surface area contributed by atoms with Gasteiger partial charge in [-0.2, -0.15) is 0 Å². The lowest BCUT2D eigenvalue weighted by Gasteiger charge is -2.30. The number of hydrogen-bond donors (Lipinski definition) is 1. The second-order valence-corrected chi connectivity index (χ2v) is 7.70. The van der Waals surface area contributed by atoms with Crippen molar-refractivity contribution >= 4 is 23.4 Å². The van der Waals surface area contributed by atoms with E-state index in [4.69, 9.17) is 16.3 Å². The number of aryl methyl sites for hydroxylation is 1. The van der Waals surface area contributed by atoms with Crippen LogP contribution in [0.1, 0.15) is 44.2 Å². The average Bonchev–Trinajstić information content (AvgIpc) is 2.74. The highest BCUT2D eigenvalue weighted by molar-refractivity contribution is 6.32. The maximum Gasteiger partial charge on any atom is 0.261 e. The molecule has 2 aromatic carbocycles. The first kappa shape index (κ1) is 23.7. The average molecular weight is 431 g/mol. The molecule has 1 N–H and O–H groups in total. The van der Waals surface area contributed by atoms with Crippen molar-refractivity contribution in [2.24, 2.45) is 0 Å². The molecule has 30 heavy (non-hydrogen) atoms. The number of unbranched alkanes of at least 4 members (excludes halogenated alkanes) is 1. The van der Waals surface area contributed by atoms with Gasteiger partial charge < -0.3 is 15.0 Å². The molecule has 5 nitrogen and oxygen atoms in total. The van der Waals surface area contributed by atoms with Gasteiger partial charge in [0.2, 0.25) is 5.91 Å². The van der Waals surface area contributed by atoms with Gasteiger partial charge in [0.1, 0.15) is 11.8 Å². The smallest absolute Gasteiger partial charge is 0.261 e. The summed E-state index contributed by atoms with van der Waals surface area (Å²) in [5.74, 6) is 0.0559. The van der Waals surface area contributed by atoms with E-state index in [0.29, 0.717) is 30.3 Å². The summed E-state index contributed by atoms with van der Waals surface area (Å²) in [5.41, 5.74) is 2.11. The van der Waals surface area contributed by atoms with Gasteiger partial charge in [-0.1, -0.05) is 73.8 Å². The maximum atomic E-state index is 13.1. The van der Waals surface area contributed by atoms with Crippen molar-refractivity contribution in [3.63, 3.8) is 0 Å². The third-order valence-electron chi connectivity index (χ3n) is 4.88. The Labute approximate surface area is 184 Å². The number of nitrogens with one attached hydrogen (secondary N) is 1. The lowest BCUT2D eigenvalue weighted by atomic mass is 10.1. The predicted octanol–water partition coefficient (Wildman–Crippen LogP) is 4.75.